The lowest BCUT2D eigenvalue weighted by Gasteiger charge is -2.32. The topological polar surface area (TPSA) is 23.4 Å². The number of hydrogen-bond acceptors (Lipinski definition) is 2. The Hall–Kier alpha value is -5.68. The number of hydrogen-bond donors (Lipinski definition) is 0. The standard InChI is InChI=1S/C48H40BNO2/c1-47(2)48(3,4)52-49(51-47)37-25-27-38(28-26-37)50-45-31-35(41-21-13-11-19-39(41)33-15-7-5-8-16-33)23-29-43(45)44-30-24-36(32-46(44)50)42-22-14-12-20-40(42)34-17-9-6-10-18-34/h5-32H,1-4H3. The first-order valence-corrected chi connectivity index (χ1v) is 18.1. The van der Waals surface area contributed by atoms with Crippen LogP contribution in [0, 0.1) is 0 Å². The first kappa shape index (κ1) is 32.2. The Morgan fingerprint density at radius 1 is 0.404 bits per heavy atom. The summed E-state index contributed by atoms with van der Waals surface area (Å²) >= 11 is 0. The molecule has 2 heterocycles. The van der Waals surface area contributed by atoms with Gasteiger partial charge < -0.3 is 13.9 Å². The van der Waals surface area contributed by atoms with Crippen molar-refractivity contribution in [2.24, 2.45) is 0 Å². The van der Waals surface area contributed by atoms with Gasteiger partial charge in [0.25, 0.3) is 0 Å². The van der Waals surface area contributed by atoms with E-state index in [-0.39, 0.29) is 0 Å². The van der Waals surface area contributed by atoms with E-state index in [0.29, 0.717) is 0 Å². The van der Waals surface area contributed by atoms with Gasteiger partial charge in [-0.15, -0.1) is 0 Å². The predicted octanol–water partition coefficient (Wildman–Crippen LogP) is 11.8. The monoisotopic (exact) mass is 673 g/mol. The highest BCUT2D eigenvalue weighted by atomic mass is 16.7. The third kappa shape index (κ3) is 5.47. The zero-order valence-electron chi connectivity index (χ0n) is 30.0. The third-order valence-electron chi connectivity index (χ3n) is 11.1. The predicted molar refractivity (Wildman–Crippen MR) is 218 cm³/mol. The Morgan fingerprint density at radius 3 is 1.21 bits per heavy atom. The minimum absolute atomic E-state index is 0.401. The third-order valence-corrected chi connectivity index (χ3v) is 11.1. The van der Waals surface area contributed by atoms with Gasteiger partial charge in [0.1, 0.15) is 0 Å². The molecule has 0 spiro atoms. The van der Waals surface area contributed by atoms with Crippen LogP contribution in [0.3, 0.4) is 0 Å². The number of nitrogens with zero attached hydrogens (tertiary/aromatic N) is 1. The lowest BCUT2D eigenvalue weighted by atomic mass is 9.79. The summed E-state index contributed by atoms with van der Waals surface area (Å²) in [5, 5.41) is 2.43. The Labute approximate surface area is 306 Å². The molecule has 0 atom stereocenters. The van der Waals surface area contributed by atoms with Crippen LogP contribution >= 0.6 is 0 Å². The van der Waals surface area contributed by atoms with E-state index in [1.54, 1.807) is 0 Å². The van der Waals surface area contributed by atoms with Gasteiger partial charge in [0.15, 0.2) is 0 Å². The molecule has 0 N–H and O–H groups in total. The van der Waals surface area contributed by atoms with Crippen molar-refractivity contribution in [3.63, 3.8) is 0 Å². The van der Waals surface area contributed by atoms with Crippen LogP contribution in [0.15, 0.2) is 170 Å². The first-order chi connectivity index (χ1) is 25.3. The quantitative estimate of drug-likeness (QED) is 0.164. The molecule has 1 saturated heterocycles. The number of fused-ring (bicyclic) bond motifs is 3. The Balaban J connectivity index is 1.24. The summed E-state index contributed by atoms with van der Waals surface area (Å²) in [6.07, 6.45) is 0. The summed E-state index contributed by atoms with van der Waals surface area (Å²) < 4.78 is 15.3. The molecule has 0 saturated carbocycles. The molecule has 1 aromatic heterocycles. The highest BCUT2D eigenvalue weighted by Gasteiger charge is 2.51. The van der Waals surface area contributed by atoms with Crippen molar-refractivity contribution < 1.29 is 9.31 Å². The average Bonchev–Trinajstić information content (AvgIpc) is 3.62. The molecule has 0 aliphatic carbocycles. The Bertz CT molecular complexity index is 2410. The average molecular weight is 674 g/mol. The zero-order valence-corrected chi connectivity index (χ0v) is 30.0. The van der Waals surface area contributed by atoms with Crippen molar-refractivity contribution in [1.29, 1.82) is 0 Å². The maximum Gasteiger partial charge on any atom is 0.494 e. The van der Waals surface area contributed by atoms with E-state index in [9.17, 15) is 0 Å². The Kier molecular flexibility index (Phi) is 7.77. The van der Waals surface area contributed by atoms with Gasteiger partial charge in [-0.05, 0) is 102 Å². The van der Waals surface area contributed by atoms with Gasteiger partial charge in [-0.2, -0.15) is 0 Å². The minimum Gasteiger partial charge on any atom is -0.399 e. The van der Waals surface area contributed by atoms with Crippen LogP contribution in [0.2, 0.25) is 0 Å². The second kappa shape index (κ2) is 12.5. The van der Waals surface area contributed by atoms with E-state index in [1.165, 1.54) is 55.3 Å². The lowest BCUT2D eigenvalue weighted by molar-refractivity contribution is 0.00578. The van der Waals surface area contributed by atoms with Crippen molar-refractivity contribution in [2.45, 2.75) is 38.9 Å². The van der Waals surface area contributed by atoms with Crippen molar-refractivity contribution in [1.82, 2.24) is 4.57 Å². The summed E-state index contributed by atoms with van der Waals surface area (Å²) in [4.78, 5) is 0. The molecular formula is C48H40BNO2. The maximum absolute atomic E-state index is 6.42. The normalized spacial score (nSPS) is 15.0. The van der Waals surface area contributed by atoms with Crippen molar-refractivity contribution in [3.8, 4) is 50.2 Å². The van der Waals surface area contributed by atoms with E-state index in [0.717, 1.165) is 22.2 Å². The fourth-order valence-corrected chi connectivity index (χ4v) is 7.60. The van der Waals surface area contributed by atoms with Gasteiger partial charge in [0.2, 0.25) is 0 Å². The van der Waals surface area contributed by atoms with Crippen LogP contribution in [0.1, 0.15) is 27.7 Å². The molecule has 52 heavy (non-hydrogen) atoms. The van der Waals surface area contributed by atoms with Crippen LogP contribution in [-0.2, 0) is 9.31 Å². The Morgan fingerprint density at radius 2 is 0.788 bits per heavy atom. The smallest absolute Gasteiger partial charge is 0.399 e. The zero-order chi connectivity index (χ0) is 35.5. The van der Waals surface area contributed by atoms with Crippen molar-refractivity contribution in [2.75, 3.05) is 0 Å². The fourth-order valence-electron chi connectivity index (χ4n) is 7.60. The molecule has 7 aromatic carbocycles. The molecule has 0 amide bonds. The molecule has 9 rings (SSSR count). The van der Waals surface area contributed by atoms with Crippen molar-refractivity contribution >= 4 is 34.4 Å². The van der Waals surface area contributed by atoms with E-state index in [2.05, 4.69) is 202 Å². The summed E-state index contributed by atoms with van der Waals surface area (Å²) in [7, 11) is -0.417. The van der Waals surface area contributed by atoms with E-state index in [4.69, 9.17) is 9.31 Å². The molecule has 1 fully saturated rings. The summed E-state index contributed by atoms with van der Waals surface area (Å²) in [5.74, 6) is 0. The summed E-state index contributed by atoms with van der Waals surface area (Å²) in [6, 6.07) is 61.3. The number of aromatic nitrogens is 1. The van der Waals surface area contributed by atoms with Crippen LogP contribution in [0.4, 0.5) is 0 Å². The van der Waals surface area contributed by atoms with Crippen LogP contribution in [0.5, 0.6) is 0 Å². The van der Waals surface area contributed by atoms with Crippen LogP contribution < -0.4 is 5.46 Å². The summed E-state index contributed by atoms with van der Waals surface area (Å²) in [6.45, 7) is 8.39. The number of benzene rings is 7. The first-order valence-electron chi connectivity index (χ1n) is 18.1. The second-order valence-corrected chi connectivity index (χ2v) is 14.8. The van der Waals surface area contributed by atoms with Gasteiger partial charge in [0.05, 0.1) is 22.2 Å². The largest absolute Gasteiger partial charge is 0.494 e. The molecule has 1 aliphatic heterocycles. The van der Waals surface area contributed by atoms with Gasteiger partial charge in [-0.25, -0.2) is 0 Å². The maximum atomic E-state index is 6.42. The molecule has 3 nitrogen and oxygen atoms in total. The minimum atomic E-state index is -0.417. The van der Waals surface area contributed by atoms with Crippen molar-refractivity contribution in [3.05, 3.63) is 170 Å². The fraction of sp³-hybridized carbons (Fsp3) is 0.125. The molecule has 252 valence electrons. The highest BCUT2D eigenvalue weighted by Crippen LogP contribution is 2.41. The van der Waals surface area contributed by atoms with Gasteiger partial charge in [-0.3, -0.25) is 0 Å². The molecular weight excluding hydrogens is 633 g/mol. The summed E-state index contributed by atoms with van der Waals surface area (Å²) in [5.41, 5.74) is 13.2. The molecule has 1 aliphatic rings. The van der Waals surface area contributed by atoms with Crippen LogP contribution in [-0.4, -0.2) is 22.9 Å². The highest BCUT2D eigenvalue weighted by molar-refractivity contribution is 6.62. The second-order valence-electron chi connectivity index (χ2n) is 14.8. The number of rotatable bonds is 6. The molecule has 0 bridgehead atoms. The SMILES string of the molecule is CC1(C)OB(c2ccc(-n3c4cc(-c5ccccc5-c5ccccc5)ccc4c4ccc(-c5ccccc5-c5ccccc5)cc43)cc2)OC1(C)C. The van der Waals surface area contributed by atoms with E-state index < -0.39 is 18.3 Å². The van der Waals surface area contributed by atoms with E-state index >= 15 is 0 Å². The molecule has 0 unspecified atom stereocenters. The molecule has 4 heteroatoms. The van der Waals surface area contributed by atoms with Gasteiger partial charge in [0, 0.05) is 16.5 Å². The van der Waals surface area contributed by atoms with Gasteiger partial charge >= 0.3 is 7.12 Å². The molecule has 8 aromatic rings. The van der Waals surface area contributed by atoms with E-state index in [1.807, 2.05) is 0 Å². The van der Waals surface area contributed by atoms with Gasteiger partial charge in [-0.1, -0.05) is 146 Å². The lowest BCUT2D eigenvalue weighted by Crippen LogP contribution is -2.41. The molecule has 0 radical (unpaired) electrons. The van der Waals surface area contributed by atoms with Crippen LogP contribution in [0.25, 0.3) is 72.0 Å².